The molecule has 10 heteroatoms. The van der Waals surface area contributed by atoms with Gasteiger partial charge in [0.25, 0.3) is 0 Å². The van der Waals surface area contributed by atoms with E-state index in [-0.39, 0.29) is 12.3 Å². The summed E-state index contributed by atoms with van der Waals surface area (Å²) in [5, 5.41) is 23.9. The molecule has 5 atom stereocenters. The molecule has 0 aliphatic rings. The smallest absolute Gasteiger partial charge is 0.326 e. The lowest BCUT2D eigenvalue weighted by molar-refractivity contribution is -0.143. The summed E-state index contributed by atoms with van der Waals surface area (Å²) in [6, 6.07) is -3.40. The van der Waals surface area contributed by atoms with Gasteiger partial charge in [-0.1, -0.05) is 20.3 Å². The summed E-state index contributed by atoms with van der Waals surface area (Å²) in [7, 11) is 0. The average molecular weight is 369 g/mol. The minimum atomic E-state index is -1.32. The number of nitrogens with zero attached hydrogens (tertiary/aromatic N) is 1. The van der Waals surface area contributed by atoms with Crippen molar-refractivity contribution in [3.8, 4) is 0 Å². The lowest BCUT2D eigenvalue weighted by atomic mass is 9.98. The monoisotopic (exact) mass is 369 g/mol. The highest BCUT2D eigenvalue weighted by Crippen LogP contribution is 2.07. The van der Waals surface area contributed by atoms with Gasteiger partial charge < -0.3 is 31.6 Å². The first-order valence-electron chi connectivity index (χ1n) is 8.41. The number of nitrogens with one attached hydrogen (secondary N) is 3. The van der Waals surface area contributed by atoms with E-state index in [9.17, 15) is 24.6 Å². The lowest BCUT2D eigenvalue weighted by Gasteiger charge is -2.26. The van der Waals surface area contributed by atoms with Crippen molar-refractivity contribution in [1.82, 2.24) is 20.6 Å². The number of aromatic nitrogens is 2. The number of aromatic amines is 1. The summed E-state index contributed by atoms with van der Waals surface area (Å²) in [4.78, 5) is 42.5. The van der Waals surface area contributed by atoms with Crippen molar-refractivity contribution in [1.29, 1.82) is 0 Å². The Balaban J connectivity index is 2.79. The predicted octanol–water partition coefficient (Wildman–Crippen LogP) is -1.24. The molecule has 0 saturated carbocycles. The minimum Gasteiger partial charge on any atom is -0.480 e. The lowest BCUT2D eigenvalue weighted by Crippen LogP contribution is -2.59. The number of carboxylic acids is 1. The molecule has 26 heavy (non-hydrogen) atoms. The average Bonchev–Trinajstić information content (AvgIpc) is 3.09. The van der Waals surface area contributed by atoms with Gasteiger partial charge in [0.05, 0.1) is 18.5 Å². The van der Waals surface area contributed by atoms with E-state index >= 15 is 0 Å². The van der Waals surface area contributed by atoms with E-state index in [1.165, 1.54) is 19.4 Å². The first kappa shape index (κ1) is 21.6. The predicted molar refractivity (Wildman–Crippen MR) is 92.9 cm³/mol. The summed E-state index contributed by atoms with van der Waals surface area (Å²) in [5.41, 5.74) is 6.35. The molecule has 2 amide bonds. The van der Waals surface area contributed by atoms with Gasteiger partial charge in [0.15, 0.2) is 0 Å². The van der Waals surface area contributed by atoms with Crippen molar-refractivity contribution >= 4 is 17.8 Å². The molecule has 1 aromatic rings. The van der Waals surface area contributed by atoms with E-state index in [4.69, 9.17) is 5.73 Å². The normalized spacial score (nSPS) is 16.8. The Morgan fingerprint density at radius 2 is 1.92 bits per heavy atom. The zero-order valence-electron chi connectivity index (χ0n) is 15.1. The second-order valence-corrected chi connectivity index (χ2v) is 6.32. The van der Waals surface area contributed by atoms with E-state index in [0.29, 0.717) is 12.1 Å². The van der Waals surface area contributed by atoms with E-state index < -0.39 is 42.0 Å². The third kappa shape index (κ3) is 6.12. The maximum Gasteiger partial charge on any atom is 0.326 e. The van der Waals surface area contributed by atoms with Crippen LogP contribution < -0.4 is 16.4 Å². The number of carbonyl (C=O) groups is 3. The van der Waals surface area contributed by atoms with Crippen LogP contribution in [0.4, 0.5) is 0 Å². The number of amides is 2. The van der Waals surface area contributed by atoms with Crippen molar-refractivity contribution < 1.29 is 24.6 Å². The fourth-order valence-corrected chi connectivity index (χ4v) is 2.24. The Bertz CT molecular complexity index is 604. The number of rotatable bonds is 10. The molecule has 0 radical (unpaired) electrons. The molecule has 0 aliphatic carbocycles. The van der Waals surface area contributed by atoms with Crippen LogP contribution in [0, 0.1) is 5.92 Å². The standard InChI is InChI=1S/C16H27N5O5/c1-4-8(2)12(17)14(23)21-13(9(3)22)15(24)20-11(16(25)26)5-10-6-18-7-19-10/h6-9,11-13,22H,4-5,17H2,1-3H3,(H,18,19)(H,20,24)(H,21,23)(H,25,26). The summed E-state index contributed by atoms with van der Waals surface area (Å²) in [5.74, 6) is -2.75. The molecule has 1 aromatic heterocycles. The van der Waals surface area contributed by atoms with Crippen LogP contribution in [-0.2, 0) is 20.8 Å². The molecule has 7 N–H and O–H groups in total. The quantitative estimate of drug-likeness (QED) is 0.299. The Morgan fingerprint density at radius 3 is 2.38 bits per heavy atom. The van der Waals surface area contributed by atoms with Gasteiger partial charge in [-0.15, -0.1) is 0 Å². The summed E-state index contributed by atoms with van der Waals surface area (Å²) >= 11 is 0. The Kier molecular flexibility index (Phi) is 8.20. The molecule has 0 fully saturated rings. The van der Waals surface area contributed by atoms with Crippen molar-refractivity contribution in [3.63, 3.8) is 0 Å². The number of hydrogen-bond donors (Lipinski definition) is 6. The molecule has 5 unspecified atom stereocenters. The molecule has 0 spiro atoms. The van der Waals surface area contributed by atoms with Gasteiger partial charge in [-0.05, 0) is 12.8 Å². The maximum atomic E-state index is 12.4. The van der Waals surface area contributed by atoms with Crippen LogP contribution in [0.3, 0.4) is 0 Å². The second-order valence-electron chi connectivity index (χ2n) is 6.32. The van der Waals surface area contributed by atoms with Crippen LogP contribution in [-0.4, -0.2) is 62.2 Å². The van der Waals surface area contributed by atoms with E-state index in [0.717, 1.165) is 0 Å². The first-order chi connectivity index (χ1) is 12.2. The summed E-state index contributed by atoms with van der Waals surface area (Å²) < 4.78 is 0. The van der Waals surface area contributed by atoms with Gasteiger partial charge in [-0.2, -0.15) is 0 Å². The molecular weight excluding hydrogens is 342 g/mol. The van der Waals surface area contributed by atoms with Crippen LogP contribution >= 0.6 is 0 Å². The van der Waals surface area contributed by atoms with Crippen LogP contribution in [0.2, 0.25) is 0 Å². The number of hydrogen-bond acceptors (Lipinski definition) is 6. The summed E-state index contributed by atoms with van der Waals surface area (Å²) in [6.45, 7) is 5.00. The topological polar surface area (TPSA) is 170 Å². The zero-order chi connectivity index (χ0) is 19.9. The SMILES string of the molecule is CCC(C)C(N)C(=O)NC(C(=O)NC(Cc1cnc[nH]1)C(=O)O)C(C)O. The zero-order valence-corrected chi connectivity index (χ0v) is 15.1. The van der Waals surface area contributed by atoms with E-state index in [1.807, 2.05) is 6.92 Å². The maximum absolute atomic E-state index is 12.4. The number of nitrogens with two attached hydrogens (primary N) is 1. The van der Waals surface area contributed by atoms with Gasteiger partial charge in [0.1, 0.15) is 12.1 Å². The van der Waals surface area contributed by atoms with Gasteiger partial charge >= 0.3 is 5.97 Å². The number of carboxylic acid groups (broad SMARTS) is 1. The fraction of sp³-hybridized carbons (Fsp3) is 0.625. The largest absolute Gasteiger partial charge is 0.480 e. The fourth-order valence-electron chi connectivity index (χ4n) is 2.24. The highest BCUT2D eigenvalue weighted by Gasteiger charge is 2.32. The van der Waals surface area contributed by atoms with Gasteiger partial charge in [-0.3, -0.25) is 9.59 Å². The highest BCUT2D eigenvalue weighted by molar-refractivity contribution is 5.92. The Labute approximate surface area is 151 Å². The molecule has 1 heterocycles. The van der Waals surface area contributed by atoms with E-state index in [2.05, 4.69) is 20.6 Å². The molecule has 10 nitrogen and oxygen atoms in total. The van der Waals surface area contributed by atoms with Crippen LogP contribution in [0.15, 0.2) is 12.5 Å². The minimum absolute atomic E-state index is 0.0199. The molecule has 0 aromatic carbocycles. The van der Waals surface area contributed by atoms with Gasteiger partial charge in [0.2, 0.25) is 11.8 Å². The number of H-pyrrole nitrogens is 1. The Morgan fingerprint density at radius 1 is 1.27 bits per heavy atom. The molecule has 146 valence electrons. The van der Waals surface area contributed by atoms with Crippen LogP contribution in [0.1, 0.15) is 32.9 Å². The van der Waals surface area contributed by atoms with Crippen LogP contribution in [0.5, 0.6) is 0 Å². The highest BCUT2D eigenvalue weighted by atomic mass is 16.4. The Hall–Kier alpha value is -2.46. The molecule has 0 aliphatic heterocycles. The third-order valence-corrected chi connectivity index (χ3v) is 4.22. The molecule has 0 saturated heterocycles. The van der Waals surface area contributed by atoms with Crippen molar-refractivity contribution in [3.05, 3.63) is 18.2 Å². The number of carbonyl (C=O) groups excluding carboxylic acids is 2. The molecule has 0 bridgehead atoms. The molecular formula is C16H27N5O5. The van der Waals surface area contributed by atoms with E-state index in [1.54, 1.807) is 6.92 Å². The van der Waals surface area contributed by atoms with Gasteiger partial charge in [0, 0.05) is 18.3 Å². The summed E-state index contributed by atoms with van der Waals surface area (Å²) in [6.07, 6.45) is 2.26. The number of imidazole rings is 1. The molecule has 1 rings (SSSR count). The van der Waals surface area contributed by atoms with Crippen LogP contribution in [0.25, 0.3) is 0 Å². The second kappa shape index (κ2) is 9.88. The number of aliphatic hydroxyl groups is 1. The van der Waals surface area contributed by atoms with Gasteiger partial charge in [-0.25, -0.2) is 9.78 Å². The van der Waals surface area contributed by atoms with Crippen molar-refractivity contribution in [2.45, 2.75) is 57.8 Å². The first-order valence-corrected chi connectivity index (χ1v) is 8.41. The third-order valence-electron chi connectivity index (χ3n) is 4.22. The van der Waals surface area contributed by atoms with Crippen molar-refractivity contribution in [2.75, 3.05) is 0 Å². The number of aliphatic carboxylic acids is 1. The van der Waals surface area contributed by atoms with Crippen molar-refractivity contribution in [2.24, 2.45) is 11.7 Å². The number of aliphatic hydroxyl groups excluding tert-OH is 1.